The summed E-state index contributed by atoms with van der Waals surface area (Å²) in [5.41, 5.74) is -1.60. The summed E-state index contributed by atoms with van der Waals surface area (Å²) in [6.45, 7) is 2.78. The van der Waals surface area contributed by atoms with Gasteiger partial charge in [0.1, 0.15) is 11.2 Å². The van der Waals surface area contributed by atoms with Gasteiger partial charge in [-0.3, -0.25) is 10.1 Å². The number of hydrogen-bond acceptors (Lipinski definition) is 4. The van der Waals surface area contributed by atoms with Crippen molar-refractivity contribution in [1.82, 2.24) is 0 Å². The van der Waals surface area contributed by atoms with Gasteiger partial charge in [-0.25, -0.2) is 4.79 Å². The van der Waals surface area contributed by atoms with Crippen molar-refractivity contribution < 1.29 is 14.8 Å². The summed E-state index contributed by atoms with van der Waals surface area (Å²) in [4.78, 5) is 21.1. The van der Waals surface area contributed by atoms with Gasteiger partial charge in [-0.05, 0) is 19.9 Å². The summed E-state index contributed by atoms with van der Waals surface area (Å²) < 4.78 is 0. The topological polar surface area (TPSA) is 92.5 Å². The number of anilines is 1. The Labute approximate surface area is 102 Å². The lowest BCUT2D eigenvalue weighted by atomic mass is 10.1. The standard InChI is InChI=1S/C10H11ClN2O4/c1-10(2,9(14)15)12-8-6(11)4-3-5-7(8)13(16)17/h3-5,12H,1-2H3,(H,14,15). The Hall–Kier alpha value is -1.82. The predicted octanol–water partition coefficient (Wildman–Crippen LogP) is 2.52. The maximum Gasteiger partial charge on any atom is 0.328 e. The van der Waals surface area contributed by atoms with Crippen LogP contribution in [0.5, 0.6) is 0 Å². The number of carboxylic acid groups (broad SMARTS) is 1. The van der Waals surface area contributed by atoms with Crippen LogP contribution in [-0.4, -0.2) is 21.5 Å². The van der Waals surface area contributed by atoms with Crippen molar-refractivity contribution in [2.24, 2.45) is 0 Å². The van der Waals surface area contributed by atoms with Crippen LogP contribution in [0.2, 0.25) is 5.02 Å². The number of nitrogens with one attached hydrogen (secondary N) is 1. The van der Waals surface area contributed by atoms with Crippen LogP contribution in [0, 0.1) is 10.1 Å². The Morgan fingerprint density at radius 1 is 1.53 bits per heavy atom. The number of carboxylic acids is 1. The molecule has 0 amide bonds. The third kappa shape index (κ3) is 2.85. The molecule has 1 rings (SSSR count). The van der Waals surface area contributed by atoms with Crippen molar-refractivity contribution >= 4 is 28.9 Å². The summed E-state index contributed by atoms with van der Waals surface area (Å²) in [5.74, 6) is -1.13. The molecule has 0 saturated heterocycles. The number of nitro benzene ring substituents is 1. The van der Waals surface area contributed by atoms with Crippen molar-refractivity contribution in [2.75, 3.05) is 5.32 Å². The minimum atomic E-state index is -1.35. The molecule has 0 radical (unpaired) electrons. The average molecular weight is 259 g/mol. The third-order valence-corrected chi connectivity index (χ3v) is 2.48. The summed E-state index contributed by atoms with van der Waals surface area (Å²) in [5, 5.41) is 22.4. The van der Waals surface area contributed by atoms with Gasteiger partial charge in [-0.15, -0.1) is 0 Å². The van der Waals surface area contributed by atoms with Crippen LogP contribution in [-0.2, 0) is 4.79 Å². The van der Waals surface area contributed by atoms with Crippen LogP contribution in [0.4, 0.5) is 11.4 Å². The summed E-state index contributed by atoms with van der Waals surface area (Å²) in [7, 11) is 0. The number of carbonyl (C=O) groups is 1. The highest BCUT2D eigenvalue weighted by Gasteiger charge is 2.30. The van der Waals surface area contributed by atoms with Crippen LogP contribution in [0.15, 0.2) is 18.2 Å². The van der Waals surface area contributed by atoms with Crippen molar-refractivity contribution in [3.05, 3.63) is 33.3 Å². The van der Waals surface area contributed by atoms with Crippen LogP contribution in [0.3, 0.4) is 0 Å². The molecule has 0 saturated carbocycles. The molecule has 0 heterocycles. The Kier molecular flexibility index (Phi) is 3.57. The molecule has 0 aliphatic heterocycles. The number of aliphatic carboxylic acids is 1. The molecular formula is C10H11ClN2O4. The number of halogens is 1. The number of para-hydroxylation sites is 1. The van der Waals surface area contributed by atoms with E-state index in [1.54, 1.807) is 0 Å². The van der Waals surface area contributed by atoms with Gasteiger partial charge in [0.15, 0.2) is 0 Å². The third-order valence-electron chi connectivity index (χ3n) is 2.16. The number of hydrogen-bond donors (Lipinski definition) is 2. The fraction of sp³-hybridized carbons (Fsp3) is 0.300. The highest BCUT2D eigenvalue weighted by Crippen LogP contribution is 2.33. The van der Waals surface area contributed by atoms with Crippen molar-refractivity contribution in [3.63, 3.8) is 0 Å². The van der Waals surface area contributed by atoms with E-state index in [4.69, 9.17) is 16.7 Å². The minimum Gasteiger partial charge on any atom is -0.480 e. The lowest BCUT2D eigenvalue weighted by Crippen LogP contribution is -2.40. The van der Waals surface area contributed by atoms with E-state index in [9.17, 15) is 14.9 Å². The molecule has 0 atom stereocenters. The zero-order valence-corrected chi connectivity index (χ0v) is 9.99. The second-order valence-electron chi connectivity index (χ2n) is 3.95. The van der Waals surface area contributed by atoms with E-state index in [1.165, 1.54) is 32.0 Å². The Morgan fingerprint density at radius 2 is 2.12 bits per heavy atom. The molecule has 0 aromatic heterocycles. The van der Waals surface area contributed by atoms with Crippen LogP contribution >= 0.6 is 11.6 Å². The maximum atomic E-state index is 10.9. The van der Waals surface area contributed by atoms with E-state index in [0.717, 1.165) is 0 Å². The van der Waals surface area contributed by atoms with Gasteiger partial charge in [0.2, 0.25) is 0 Å². The van der Waals surface area contributed by atoms with E-state index in [-0.39, 0.29) is 16.4 Å². The van der Waals surface area contributed by atoms with Gasteiger partial charge in [0.05, 0.1) is 9.95 Å². The van der Waals surface area contributed by atoms with Gasteiger partial charge in [-0.1, -0.05) is 17.7 Å². The number of benzene rings is 1. The van der Waals surface area contributed by atoms with Crippen LogP contribution in [0.1, 0.15) is 13.8 Å². The smallest absolute Gasteiger partial charge is 0.328 e. The Morgan fingerprint density at radius 3 is 2.59 bits per heavy atom. The zero-order chi connectivity index (χ0) is 13.2. The molecule has 6 nitrogen and oxygen atoms in total. The first-order valence-corrected chi connectivity index (χ1v) is 5.08. The Bertz CT molecular complexity index is 473. The SMILES string of the molecule is CC(C)(Nc1c(Cl)cccc1[N+](=O)[O-])C(=O)O. The fourth-order valence-electron chi connectivity index (χ4n) is 1.15. The van der Waals surface area contributed by atoms with Gasteiger partial charge in [0.25, 0.3) is 5.69 Å². The molecule has 0 aliphatic rings. The molecular weight excluding hydrogens is 248 g/mol. The molecule has 0 unspecified atom stereocenters. The molecule has 92 valence electrons. The first-order valence-electron chi connectivity index (χ1n) is 4.70. The van der Waals surface area contributed by atoms with Gasteiger partial charge < -0.3 is 10.4 Å². The van der Waals surface area contributed by atoms with E-state index < -0.39 is 16.4 Å². The Balaban J connectivity index is 3.22. The van der Waals surface area contributed by atoms with E-state index in [2.05, 4.69) is 5.32 Å². The van der Waals surface area contributed by atoms with Gasteiger partial charge >= 0.3 is 5.97 Å². The second-order valence-corrected chi connectivity index (χ2v) is 4.35. The molecule has 17 heavy (non-hydrogen) atoms. The van der Waals surface area contributed by atoms with Crippen molar-refractivity contribution in [3.8, 4) is 0 Å². The highest BCUT2D eigenvalue weighted by atomic mass is 35.5. The predicted molar refractivity (Wildman–Crippen MR) is 63.4 cm³/mol. The number of nitrogens with zero attached hydrogens (tertiary/aromatic N) is 1. The highest BCUT2D eigenvalue weighted by molar-refractivity contribution is 6.33. The molecule has 0 aliphatic carbocycles. The number of nitro groups is 1. The van der Waals surface area contributed by atoms with Gasteiger partial charge in [-0.2, -0.15) is 0 Å². The van der Waals surface area contributed by atoms with E-state index in [0.29, 0.717) is 0 Å². The van der Waals surface area contributed by atoms with Crippen LogP contribution < -0.4 is 5.32 Å². The second kappa shape index (κ2) is 4.58. The number of rotatable bonds is 4. The molecule has 1 aromatic carbocycles. The van der Waals surface area contributed by atoms with Gasteiger partial charge in [0, 0.05) is 6.07 Å². The molecule has 0 bridgehead atoms. The summed E-state index contributed by atoms with van der Waals surface area (Å²) >= 11 is 5.82. The minimum absolute atomic E-state index is 0.00608. The fourth-order valence-corrected chi connectivity index (χ4v) is 1.37. The monoisotopic (exact) mass is 258 g/mol. The summed E-state index contributed by atoms with van der Waals surface area (Å²) in [6, 6.07) is 4.14. The zero-order valence-electron chi connectivity index (χ0n) is 9.23. The molecule has 7 heteroatoms. The lowest BCUT2D eigenvalue weighted by Gasteiger charge is -2.22. The molecule has 0 spiro atoms. The molecule has 1 aromatic rings. The quantitative estimate of drug-likeness (QED) is 0.639. The lowest BCUT2D eigenvalue weighted by molar-refractivity contribution is -0.384. The molecule has 2 N–H and O–H groups in total. The maximum absolute atomic E-state index is 10.9. The first kappa shape index (κ1) is 13.2. The normalized spacial score (nSPS) is 11.0. The average Bonchev–Trinajstić information content (AvgIpc) is 2.20. The van der Waals surface area contributed by atoms with Crippen molar-refractivity contribution in [2.45, 2.75) is 19.4 Å². The van der Waals surface area contributed by atoms with E-state index >= 15 is 0 Å². The molecule has 0 fully saturated rings. The largest absolute Gasteiger partial charge is 0.480 e. The first-order chi connectivity index (χ1) is 7.75. The van der Waals surface area contributed by atoms with E-state index in [1.807, 2.05) is 0 Å². The summed E-state index contributed by atoms with van der Waals surface area (Å²) in [6.07, 6.45) is 0. The van der Waals surface area contributed by atoms with Crippen LogP contribution in [0.25, 0.3) is 0 Å². The van der Waals surface area contributed by atoms with Crippen molar-refractivity contribution in [1.29, 1.82) is 0 Å².